The first-order valence-electron chi connectivity index (χ1n) is 12.3. The predicted molar refractivity (Wildman–Crippen MR) is 138 cm³/mol. The molecule has 2 aromatic carbocycles. The molecule has 0 aromatic heterocycles. The van der Waals surface area contributed by atoms with Crippen molar-refractivity contribution in [1.29, 1.82) is 0 Å². The number of unbranched alkanes of at least 4 members (excludes halogenated alkanes) is 1. The average molecular weight is 492 g/mol. The Hall–Kier alpha value is -3.65. The van der Waals surface area contributed by atoms with Crippen molar-refractivity contribution in [2.75, 3.05) is 45.7 Å². The summed E-state index contributed by atoms with van der Waals surface area (Å²) in [5, 5.41) is 11.5. The van der Waals surface area contributed by atoms with Crippen molar-refractivity contribution in [3.63, 3.8) is 0 Å². The van der Waals surface area contributed by atoms with E-state index in [1.807, 2.05) is 38.1 Å². The third kappa shape index (κ3) is 3.95. The standard InChI is InChI=1S/C28H33N3O5/c1-5-6-17-30-22-11-8-7-10-21(22)28(27(30)35)23(24(32)19-12-14-20(36-4)15-13-19)25(33)26(34)31(28)18-9-16-29(2)3/h7-8,10-15,32H,5-6,9,16-18H2,1-4H3/t28-/m1/s1. The normalized spacial score (nSPS) is 20.6. The van der Waals surface area contributed by atoms with Crippen LogP contribution in [0.4, 0.5) is 5.69 Å². The zero-order valence-electron chi connectivity index (χ0n) is 21.3. The molecule has 2 aromatic rings. The van der Waals surface area contributed by atoms with Crippen molar-refractivity contribution in [3.8, 4) is 5.75 Å². The number of rotatable bonds is 9. The summed E-state index contributed by atoms with van der Waals surface area (Å²) < 4.78 is 5.21. The minimum atomic E-state index is -1.71. The number of ketones is 1. The highest BCUT2D eigenvalue weighted by Crippen LogP contribution is 2.53. The molecule has 1 N–H and O–H groups in total. The number of carbonyl (C=O) groups is 3. The second-order valence-corrected chi connectivity index (χ2v) is 9.43. The molecule has 1 atom stereocenters. The molecule has 4 rings (SSSR count). The molecule has 8 nitrogen and oxygen atoms in total. The Morgan fingerprint density at radius 1 is 1.00 bits per heavy atom. The van der Waals surface area contributed by atoms with Gasteiger partial charge in [0.05, 0.1) is 18.4 Å². The number of para-hydroxylation sites is 1. The zero-order chi connectivity index (χ0) is 26.0. The number of nitrogens with zero attached hydrogens (tertiary/aromatic N) is 3. The van der Waals surface area contributed by atoms with Gasteiger partial charge in [0.15, 0.2) is 5.54 Å². The van der Waals surface area contributed by atoms with Gasteiger partial charge in [-0.1, -0.05) is 31.5 Å². The molecule has 1 fully saturated rings. The van der Waals surface area contributed by atoms with Gasteiger partial charge in [-0.2, -0.15) is 0 Å². The van der Waals surface area contributed by atoms with Gasteiger partial charge in [-0.05, 0) is 63.8 Å². The number of amides is 2. The molecule has 36 heavy (non-hydrogen) atoms. The summed E-state index contributed by atoms with van der Waals surface area (Å²) in [7, 11) is 5.39. The molecular weight excluding hydrogens is 458 g/mol. The van der Waals surface area contributed by atoms with E-state index in [4.69, 9.17) is 4.74 Å². The van der Waals surface area contributed by atoms with E-state index in [1.165, 1.54) is 12.0 Å². The van der Waals surface area contributed by atoms with Crippen molar-refractivity contribution in [3.05, 3.63) is 65.2 Å². The average Bonchev–Trinajstić information content (AvgIpc) is 3.25. The van der Waals surface area contributed by atoms with Crippen molar-refractivity contribution >= 4 is 29.0 Å². The first-order chi connectivity index (χ1) is 17.3. The van der Waals surface area contributed by atoms with Crippen molar-refractivity contribution in [2.45, 2.75) is 31.7 Å². The van der Waals surface area contributed by atoms with Gasteiger partial charge in [-0.3, -0.25) is 14.4 Å². The maximum atomic E-state index is 14.3. The lowest BCUT2D eigenvalue weighted by Gasteiger charge is -2.34. The number of Topliss-reactive ketones (excluding diaryl/α,β-unsaturated/α-hetero) is 1. The highest BCUT2D eigenvalue weighted by Gasteiger charge is 2.66. The molecule has 1 spiro atoms. The van der Waals surface area contributed by atoms with Crippen LogP contribution in [-0.4, -0.2) is 73.3 Å². The van der Waals surface area contributed by atoms with Crippen LogP contribution < -0.4 is 9.64 Å². The Kier molecular flexibility index (Phi) is 7.17. The number of hydrogen-bond donors (Lipinski definition) is 1. The van der Waals surface area contributed by atoms with Crippen molar-refractivity contribution in [1.82, 2.24) is 9.80 Å². The lowest BCUT2D eigenvalue weighted by Crippen LogP contribution is -2.52. The molecular formula is C28H33N3O5. The number of benzene rings is 2. The second kappa shape index (κ2) is 10.1. The topological polar surface area (TPSA) is 90.4 Å². The van der Waals surface area contributed by atoms with Gasteiger partial charge in [0.2, 0.25) is 0 Å². The third-order valence-electron chi connectivity index (χ3n) is 6.90. The van der Waals surface area contributed by atoms with Crippen LogP contribution in [0.25, 0.3) is 5.76 Å². The Morgan fingerprint density at radius 2 is 1.69 bits per heavy atom. The number of methoxy groups -OCH3 is 1. The minimum Gasteiger partial charge on any atom is -0.507 e. The number of fused-ring (bicyclic) bond motifs is 2. The van der Waals surface area contributed by atoms with Crippen molar-refractivity contribution < 1.29 is 24.2 Å². The molecule has 2 aliphatic heterocycles. The summed E-state index contributed by atoms with van der Waals surface area (Å²) in [6.45, 7) is 3.37. The highest BCUT2D eigenvalue weighted by molar-refractivity contribution is 6.50. The number of aliphatic hydroxyl groups is 1. The lowest BCUT2D eigenvalue weighted by molar-refractivity contribution is -0.143. The zero-order valence-corrected chi connectivity index (χ0v) is 21.3. The molecule has 2 amide bonds. The monoisotopic (exact) mass is 491 g/mol. The number of hydrogen-bond acceptors (Lipinski definition) is 6. The van der Waals surface area contributed by atoms with Crippen LogP contribution in [0.3, 0.4) is 0 Å². The molecule has 0 saturated carbocycles. The van der Waals surface area contributed by atoms with E-state index in [0.717, 1.165) is 12.8 Å². The van der Waals surface area contributed by atoms with Crippen LogP contribution in [0, 0.1) is 0 Å². The fourth-order valence-corrected chi connectivity index (χ4v) is 5.14. The van der Waals surface area contributed by atoms with Gasteiger partial charge in [-0.15, -0.1) is 0 Å². The van der Waals surface area contributed by atoms with E-state index >= 15 is 0 Å². The van der Waals surface area contributed by atoms with Gasteiger partial charge in [0, 0.05) is 24.2 Å². The van der Waals surface area contributed by atoms with Gasteiger partial charge in [0.1, 0.15) is 11.5 Å². The fraction of sp³-hybridized carbons (Fsp3) is 0.393. The molecule has 0 bridgehead atoms. The van der Waals surface area contributed by atoms with E-state index < -0.39 is 17.2 Å². The molecule has 0 radical (unpaired) electrons. The Bertz CT molecular complexity index is 1200. The number of aliphatic hydroxyl groups excluding tert-OH is 1. The molecule has 190 valence electrons. The first-order valence-corrected chi connectivity index (χ1v) is 12.3. The molecule has 0 aliphatic carbocycles. The predicted octanol–water partition coefficient (Wildman–Crippen LogP) is 3.37. The summed E-state index contributed by atoms with van der Waals surface area (Å²) in [5.74, 6) is -1.79. The van der Waals surface area contributed by atoms with E-state index in [9.17, 15) is 19.5 Å². The van der Waals surface area contributed by atoms with Crippen molar-refractivity contribution in [2.24, 2.45) is 0 Å². The number of ether oxygens (including phenoxy) is 1. The van der Waals surface area contributed by atoms with Crippen LogP contribution in [0.15, 0.2) is 54.1 Å². The van der Waals surface area contributed by atoms with E-state index in [0.29, 0.717) is 42.1 Å². The molecule has 1 saturated heterocycles. The quantitative estimate of drug-likeness (QED) is 0.329. The summed E-state index contributed by atoms with van der Waals surface area (Å²) in [6.07, 6.45) is 2.21. The van der Waals surface area contributed by atoms with Crippen LogP contribution in [0.2, 0.25) is 0 Å². The maximum absolute atomic E-state index is 14.3. The van der Waals surface area contributed by atoms with E-state index in [2.05, 4.69) is 0 Å². The maximum Gasteiger partial charge on any atom is 0.296 e. The number of likely N-dealkylation sites (tertiary alicyclic amines) is 1. The second-order valence-electron chi connectivity index (χ2n) is 9.43. The Morgan fingerprint density at radius 3 is 2.33 bits per heavy atom. The van der Waals surface area contributed by atoms with Gasteiger partial charge >= 0.3 is 0 Å². The molecule has 0 unspecified atom stereocenters. The summed E-state index contributed by atoms with van der Waals surface area (Å²) >= 11 is 0. The Labute approximate surface area is 211 Å². The van der Waals surface area contributed by atoms with E-state index in [-0.39, 0.29) is 23.8 Å². The Balaban J connectivity index is 1.96. The fourth-order valence-electron chi connectivity index (χ4n) is 5.14. The van der Waals surface area contributed by atoms with Gasteiger partial charge in [0.25, 0.3) is 17.6 Å². The SMILES string of the molecule is CCCCN1C(=O)[C@]2(C(=C(O)c3ccc(OC)cc3)C(=O)C(=O)N2CCCN(C)C)c2ccccc21. The van der Waals surface area contributed by atoms with Crippen LogP contribution in [0.1, 0.15) is 37.3 Å². The number of anilines is 1. The smallest absolute Gasteiger partial charge is 0.296 e. The minimum absolute atomic E-state index is 0.182. The summed E-state index contributed by atoms with van der Waals surface area (Å²) in [5.41, 5.74) is -0.353. The summed E-state index contributed by atoms with van der Waals surface area (Å²) in [4.78, 5) is 46.4. The van der Waals surface area contributed by atoms with E-state index in [1.54, 1.807) is 41.3 Å². The third-order valence-corrected chi connectivity index (χ3v) is 6.90. The first kappa shape index (κ1) is 25.4. The molecule has 8 heteroatoms. The molecule has 2 aliphatic rings. The lowest BCUT2D eigenvalue weighted by atomic mass is 9.82. The van der Waals surface area contributed by atoms with Gasteiger partial charge in [-0.25, -0.2) is 0 Å². The molecule has 2 heterocycles. The number of carbonyl (C=O) groups excluding carboxylic acids is 3. The summed E-state index contributed by atoms with van der Waals surface area (Å²) in [6, 6.07) is 13.8. The largest absolute Gasteiger partial charge is 0.507 e. The van der Waals surface area contributed by atoms with Crippen LogP contribution in [0.5, 0.6) is 5.75 Å². The highest BCUT2D eigenvalue weighted by atomic mass is 16.5. The van der Waals surface area contributed by atoms with Crippen LogP contribution >= 0.6 is 0 Å². The van der Waals surface area contributed by atoms with Crippen LogP contribution in [-0.2, 0) is 19.9 Å². The van der Waals surface area contributed by atoms with Gasteiger partial charge < -0.3 is 24.5 Å².